The van der Waals surface area contributed by atoms with Crippen LogP contribution in [0.4, 0.5) is 0 Å². The van der Waals surface area contributed by atoms with Gasteiger partial charge in [-0.1, -0.05) is 24.1 Å². The molecule has 1 fully saturated rings. The van der Waals surface area contributed by atoms with Gasteiger partial charge in [-0.3, -0.25) is 4.90 Å². The molecule has 0 aliphatic carbocycles. The van der Waals surface area contributed by atoms with Crippen LogP contribution in [-0.4, -0.2) is 31.1 Å². The fraction of sp³-hybridized carbons (Fsp3) is 0.385. The first-order valence-corrected chi connectivity index (χ1v) is 6.48. The highest BCUT2D eigenvalue weighted by molar-refractivity contribution is 8.04. The summed E-state index contributed by atoms with van der Waals surface area (Å²) in [5.41, 5.74) is 1.38. The van der Waals surface area contributed by atoms with Gasteiger partial charge < -0.3 is 5.32 Å². The van der Waals surface area contributed by atoms with Crippen molar-refractivity contribution in [1.29, 1.82) is 0 Å². The Kier molecular flexibility index (Phi) is 2.88. The molecule has 2 aliphatic rings. The Morgan fingerprint density at radius 1 is 1.25 bits per heavy atom. The molecule has 0 saturated carbocycles. The lowest BCUT2D eigenvalue weighted by Gasteiger charge is -2.33. The molecule has 1 aromatic rings. The summed E-state index contributed by atoms with van der Waals surface area (Å²) in [6.07, 6.45) is 0. The Morgan fingerprint density at radius 2 is 2.06 bits per heavy atom. The first kappa shape index (κ1) is 10.2. The molecule has 2 nitrogen and oxygen atoms in total. The number of nitrogens with one attached hydrogen (secondary N) is 1. The van der Waals surface area contributed by atoms with Crippen LogP contribution < -0.4 is 5.32 Å². The van der Waals surface area contributed by atoms with Gasteiger partial charge in [0, 0.05) is 31.1 Å². The van der Waals surface area contributed by atoms with Gasteiger partial charge in [-0.15, -0.1) is 0 Å². The van der Waals surface area contributed by atoms with Gasteiger partial charge in [-0.05, 0) is 28.6 Å². The van der Waals surface area contributed by atoms with E-state index < -0.39 is 0 Å². The van der Waals surface area contributed by atoms with Crippen molar-refractivity contribution in [2.24, 2.45) is 0 Å². The van der Waals surface area contributed by atoms with E-state index in [1.807, 2.05) is 0 Å². The number of hydrogen-bond donors (Lipinski definition) is 1. The highest BCUT2D eigenvalue weighted by Gasteiger charge is 2.24. The molecule has 0 spiro atoms. The number of fused-ring (bicyclic) bond motifs is 1. The molecule has 82 valence electrons. The van der Waals surface area contributed by atoms with Crippen molar-refractivity contribution in [1.82, 2.24) is 10.2 Å². The monoisotopic (exact) mass is 230 g/mol. The van der Waals surface area contributed by atoms with Crippen molar-refractivity contribution in [3.63, 3.8) is 0 Å². The molecule has 3 heteroatoms. The lowest BCUT2D eigenvalue weighted by molar-refractivity contribution is 0.207. The van der Waals surface area contributed by atoms with E-state index in [9.17, 15) is 0 Å². The molecule has 0 radical (unpaired) electrons. The summed E-state index contributed by atoms with van der Waals surface area (Å²) < 4.78 is 0. The number of thioether (sulfide) groups is 1. The van der Waals surface area contributed by atoms with Gasteiger partial charge in [-0.2, -0.15) is 0 Å². The molecular formula is C13H14N2S. The van der Waals surface area contributed by atoms with Gasteiger partial charge in [0.2, 0.25) is 0 Å². The van der Waals surface area contributed by atoms with E-state index >= 15 is 0 Å². The van der Waals surface area contributed by atoms with Crippen molar-refractivity contribution < 1.29 is 0 Å². The predicted octanol–water partition coefficient (Wildman–Crippen LogP) is 1.70. The molecule has 0 bridgehead atoms. The van der Waals surface area contributed by atoms with E-state index in [0.29, 0.717) is 6.04 Å². The lowest BCUT2D eigenvalue weighted by atomic mass is 10.0. The molecule has 1 aromatic carbocycles. The molecule has 3 rings (SSSR count). The standard InChI is InChI=1S/C13H14N2S/c1-2-4-13-11(3-1)12(5-10-16-13)15-8-6-14-7-9-15/h1-4,12,14H,6-9H2. The summed E-state index contributed by atoms with van der Waals surface area (Å²) in [6, 6.07) is 8.89. The van der Waals surface area contributed by atoms with Crippen LogP contribution >= 0.6 is 11.8 Å². The Hall–Kier alpha value is -0.950. The van der Waals surface area contributed by atoms with Crippen LogP contribution in [-0.2, 0) is 0 Å². The summed E-state index contributed by atoms with van der Waals surface area (Å²) in [7, 11) is 0. The van der Waals surface area contributed by atoms with Crippen LogP contribution in [0.1, 0.15) is 11.6 Å². The molecular weight excluding hydrogens is 216 g/mol. The minimum Gasteiger partial charge on any atom is -0.314 e. The van der Waals surface area contributed by atoms with Gasteiger partial charge in [0.25, 0.3) is 0 Å². The second-order valence-corrected chi connectivity index (χ2v) is 4.92. The summed E-state index contributed by atoms with van der Waals surface area (Å²) in [5.74, 6) is 3.36. The van der Waals surface area contributed by atoms with Crippen LogP contribution in [0.3, 0.4) is 0 Å². The third-order valence-corrected chi connectivity index (χ3v) is 3.90. The predicted molar refractivity (Wildman–Crippen MR) is 67.3 cm³/mol. The molecule has 0 aromatic heterocycles. The van der Waals surface area contributed by atoms with Crippen molar-refractivity contribution in [2.75, 3.05) is 26.2 Å². The molecule has 1 N–H and O–H groups in total. The summed E-state index contributed by atoms with van der Waals surface area (Å²) in [5, 5.41) is 6.58. The van der Waals surface area contributed by atoms with Gasteiger partial charge in [0.05, 0.1) is 6.04 Å². The van der Waals surface area contributed by atoms with Crippen molar-refractivity contribution in [2.45, 2.75) is 10.9 Å². The molecule has 1 atom stereocenters. The first-order valence-electron chi connectivity index (χ1n) is 5.66. The third kappa shape index (κ3) is 1.84. The second kappa shape index (κ2) is 4.50. The van der Waals surface area contributed by atoms with Crippen LogP contribution in [0, 0.1) is 11.2 Å². The topological polar surface area (TPSA) is 15.3 Å². The highest BCUT2D eigenvalue weighted by Crippen LogP contribution is 2.33. The van der Waals surface area contributed by atoms with Crippen molar-refractivity contribution >= 4 is 11.8 Å². The maximum Gasteiger partial charge on any atom is 0.0992 e. The first-order chi connectivity index (χ1) is 7.95. The summed E-state index contributed by atoms with van der Waals surface area (Å²) in [4.78, 5) is 3.80. The van der Waals surface area contributed by atoms with Crippen LogP contribution in [0.2, 0.25) is 0 Å². The SMILES string of the molecule is C1#CC(N2CCNCC2)c2ccccc2S1. The Balaban J connectivity index is 1.91. The zero-order valence-corrected chi connectivity index (χ0v) is 9.89. The van der Waals surface area contributed by atoms with Crippen molar-refractivity contribution in [3.8, 4) is 11.2 Å². The minimum atomic E-state index is 0.305. The Labute approximate surface area is 100 Å². The number of piperazine rings is 1. The maximum atomic E-state index is 3.38. The summed E-state index contributed by atoms with van der Waals surface area (Å²) in [6.45, 7) is 4.34. The quantitative estimate of drug-likeness (QED) is 0.739. The average Bonchev–Trinajstić information content (AvgIpc) is 2.39. The largest absolute Gasteiger partial charge is 0.314 e. The normalized spacial score (nSPS) is 24.4. The van der Waals surface area contributed by atoms with Gasteiger partial charge in [-0.25, -0.2) is 0 Å². The minimum absolute atomic E-state index is 0.305. The van der Waals surface area contributed by atoms with E-state index in [1.54, 1.807) is 11.8 Å². The van der Waals surface area contributed by atoms with E-state index in [-0.39, 0.29) is 0 Å². The number of benzene rings is 1. The van der Waals surface area contributed by atoms with E-state index in [0.717, 1.165) is 26.2 Å². The van der Waals surface area contributed by atoms with Gasteiger partial charge >= 0.3 is 0 Å². The Bertz CT molecular complexity index is 441. The molecule has 1 unspecified atom stereocenters. The number of nitrogens with zero attached hydrogens (tertiary/aromatic N) is 1. The zero-order valence-electron chi connectivity index (χ0n) is 9.07. The average molecular weight is 230 g/mol. The number of rotatable bonds is 1. The van der Waals surface area contributed by atoms with E-state index in [1.165, 1.54) is 10.5 Å². The molecule has 2 heterocycles. The third-order valence-electron chi connectivity index (χ3n) is 3.09. The van der Waals surface area contributed by atoms with Gasteiger partial charge in [0.15, 0.2) is 0 Å². The van der Waals surface area contributed by atoms with E-state index in [2.05, 4.69) is 45.7 Å². The van der Waals surface area contributed by atoms with E-state index in [4.69, 9.17) is 0 Å². The Morgan fingerprint density at radius 3 is 2.94 bits per heavy atom. The molecule has 2 aliphatic heterocycles. The summed E-state index contributed by atoms with van der Waals surface area (Å²) >= 11 is 1.65. The highest BCUT2D eigenvalue weighted by atomic mass is 32.2. The fourth-order valence-electron chi connectivity index (χ4n) is 2.25. The second-order valence-electron chi connectivity index (χ2n) is 4.07. The van der Waals surface area contributed by atoms with Crippen LogP contribution in [0.25, 0.3) is 0 Å². The molecule has 1 saturated heterocycles. The van der Waals surface area contributed by atoms with Gasteiger partial charge in [0.1, 0.15) is 0 Å². The maximum absolute atomic E-state index is 3.38. The number of hydrogen-bond acceptors (Lipinski definition) is 3. The molecule has 0 amide bonds. The van der Waals surface area contributed by atoms with Crippen LogP contribution in [0.5, 0.6) is 0 Å². The lowest BCUT2D eigenvalue weighted by Crippen LogP contribution is -2.45. The van der Waals surface area contributed by atoms with Crippen molar-refractivity contribution in [3.05, 3.63) is 29.8 Å². The molecule has 16 heavy (non-hydrogen) atoms. The fourth-order valence-corrected chi connectivity index (χ4v) is 2.97. The zero-order chi connectivity index (χ0) is 10.8. The smallest absolute Gasteiger partial charge is 0.0992 e. The van der Waals surface area contributed by atoms with Crippen LogP contribution in [0.15, 0.2) is 29.2 Å².